The highest BCUT2D eigenvalue weighted by Crippen LogP contribution is 2.40. The standard InChI is InChI=1S/C21H17F2N3OS/c1-13-18(11-12-27-13)20-24-25-21(26(20)2)28-19(14-3-7-16(22)8-4-14)15-5-9-17(23)10-6-15/h3-12,19H,1-2H3. The Balaban J connectivity index is 1.72. The molecule has 0 bridgehead atoms. The first kappa shape index (κ1) is 18.4. The molecule has 0 fully saturated rings. The minimum absolute atomic E-state index is 0.192. The minimum Gasteiger partial charge on any atom is -0.469 e. The van der Waals surface area contributed by atoms with Crippen molar-refractivity contribution in [1.29, 1.82) is 0 Å². The SMILES string of the molecule is Cc1occc1-c1nnc(SC(c2ccc(F)cc2)c2ccc(F)cc2)n1C. The van der Waals surface area contributed by atoms with Crippen molar-refractivity contribution in [2.45, 2.75) is 17.3 Å². The van der Waals surface area contributed by atoms with Crippen LogP contribution in [0.5, 0.6) is 0 Å². The Bertz CT molecular complexity index is 1040. The van der Waals surface area contributed by atoms with Crippen LogP contribution in [0.3, 0.4) is 0 Å². The predicted octanol–water partition coefficient (Wildman–Crippen LogP) is 5.54. The first-order chi connectivity index (χ1) is 13.5. The van der Waals surface area contributed by atoms with Gasteiger partial charge in [0.05, 0.1) is 17.1 Å². The van der Waals surface area contributed by atoms with Gasteiger partial charge in [-0.2, -0.15) is 0 Å². The molecule has 4 nitrogen and oxygen atoms in total. The first-order valence-electron chi connectivity index (χ1n) is 8.64. The van der Waals surface area contributed by atoms with Gasteiger partial charge in [0.1, 0.15) is 17.4 Å². The van der Waals surface area contributed by atoms with Crippen LogP contribution in [0.2, 0.25) is 0 Å². The molecule has 28 heavy (non-hydrogen) atoms. The van der Waals surface area contributed by atoms with Crippen LogP contribution in [-0.4, -0.2) is 14.8 Å². The summed E-state index contributed by atoms with van der Waals surface area (Å²) in [6.07, 6.45) is 1.62. The van der Waals surface area contributed by atoms with Crippen molar-refractivity contribution in [3.8, 4) is 11.4 Å². The van der Waals surface area contributed by atoms with Gasteiger partial charge in [0, 0.05) is 7.05 Å². The van der Waals surface area contributed by atoms with Gasteiger partial charge < -0.3 is 8.98 Å². The zero-order valence-corrected chi connectivity index (χ0v) is 16.1. The predicted molar refractivity (Wildman–Crippen MR) is 104 cm³/mol. The molecule has 0 spiro atoms. The van der Waals surface area contributed by atoms with E-state index in [0.717, 1.165) is 22.5 Å². The smallest absolute Gasteiger partial charge is 0.192 e. The number of hydrogen-bond acceptors (Lipinski definition) is 4. The van der Waals surface area contributed by atoms with Crippen molar-refractivity contribution in [3.05, 3.63) is 89.4 Å². The van der Waals surface area contributed by atoms with Crippen molar-refractivity contribution in [1.82, 2.24) is 14.8 Å². The van der Waals surface area contributed by atoms with E-state index in [4.69, 9.17) is 4.42 Å². The lowest BCUT2D eigenvalue weighted by Gasteiger charge is -2.17. The van der Waals surface area contributed by atoms with Gasteiger partial charge in [-0.3, -0.25) is 0 Å². The molecule has 0 amide bonds. The van der Waals surface area contributed by atoms with Crippen LogP contribution in [0.4, 0.5) is 8.78 Å². The summed E-state index contributed by atoms with van der Waals surface area (Å²) in [5.41, 5.74) is 2.66. The molecule has 0 aliphatic carbocycles. The normalized spacial score (nSPS) is 11.3. The van der Waals surface area contributed by atoms with Crippen molar-refractivity contribution >= 4 is 11.8 Å². The second kappa shape index (κ2) is 7.59. The summed E-state index contributed by atoms with van der Waals surface area (Å²) in [6.45, 7) is 1.87. The Morgan fingerprint density at radius 1 is 0.893 bits per heavy atom. The third-order valence-electron chi connectivity index (χ3n) is 4.50. The number of rotatable bonds is 5. The van der Waals surface area contributed by atoms with Crippen molar-refractivity contribution in [2.75, 3.05) is 0 Å². The number of nitrogens with zero attached hydrogens (tertiary/aromatic N) is 3. The van der Waals surface area contributed by atoms with Gasteiger partial charge in [-0.05, 0) is 48.4 Å². The topological polar surface area (TPSA) is 43.9 Å². The Morgan fingerprint density at radius 3 is 1.96 bits per heavy atom. The molecule has 0 N–H and O–H groups in total. The molecule has 2 heterocycles. The highest BCUT2D eigenvalue weighted by Gasteiger charge is 2.21. The maximum atomic E-state index is 13.4. The second-order valence-corrected chi connectivity index (χ2v) is 7.43. The monoisotopic (exact) mass is 397 g/mol. The molecular formula is C21H17F2N3OS. The van der Waals surface area contributed by atoms with E-state index in [-0.39, 0.29) is 16.9 Å². The lowest BCUT2D eigenvalue weighted by atomic mass is 10.0. The van der Waals surface area contributed by atoms with E-state index in [2.05, 4.69) is 10.2 Å². The molecule has 2 aromatic carbocycles. The maximum Gasteiger partial charge on any atom is 0.192 e. The fourth-order valence-corrected chi connectivity index (χ4v) is 4.11. The average Bonchev–Trinajstić information content (AvgIpc) is 3.27. The molecule has 0 saturated heterocycles. The molecule has 4 rings (SSSR count). The van der Waals surface area contributed by atoms with Crippen LogP contribution in [0, 0.1) is 18.6 Å². The number of aromatic nitrogens is 3. The van der Waals surface area contributed by atoms with Gasteiger partial charge >= 0.3 is 0 Å². The zero-order chi connectivity index (χ0) is 19.7. The summed E-state index contributed by atoms with van der Waals surface area (Å²) < 4.78 is 34.1. The number of furan rings is 1. The van der Waals surface area contributed by atoms with Crippen molar-refractivity contribution in [3.63, 3.8) is 0 Å². The summed E-state index contributed by atoms with van der Waals surface area (Å²) in [7, 11) is 1.89. The Labute approximate surface area is 165 Å². The van der Waals surface area contributed by atoms with Gasteiger partial charge in [-0.25, -0.2) is 8.78 Å². The van der Waals surface area contributed by atoms with E-state index in [1.165, 1.54) is 36.0 Å². The molecule has 4 aromatic rings. The van der Waals surface area contributed by atoms with E-state index in [1.807, 2.05) is 24.6 Å². The Hall–Kier alpha value is -2.93. The molecule has 0 saturated carbocycles. The zero-order valence-electron chi connectivity index (χ0n) is 15.3. The summed E-state index contributed by atoms with van der Waals surface area (Å²) in [4.78, 5) is 0. The van der Waals surface area contributed by atoms with Crippen molar-refractivity contribution < 1.29 is 13.2 Å². The lowest BCUT2D eigenvalue weighted by molar-refractivity contribution is 0.534. The van der Waals surface area contributed by atoms with Crippen LogP contribution >= 0.6 is 11.8 Å². The van der Waals surface area contributed by atoms with E-state index in [9.17, 15) is 8.78 Å². The van der Waals surface area contributed by atoms with E-state index in [0.29, 0.717) is 11.0 Å². The van der Waals surface area contributed by atoms with E-state index in [1.54, 1.807) is 30.5 Å². The maximum absolute atomic E-state index is 13.4. The molecule has 0 unspecified atom stereocenters. The third-order valence-corrected chi connectivity index (χ3v) is 5.85. The number of aryl methyl sites for hydroxylation is 1. The molecule has 0 atom stereocenters. The number of thioether (sulfide) groups is 1. The first-order valence-corrected chi connectivity index (χ1v) is 9.52. The van der Waals surface area contributed by atoms with Gasteiger partial charge in [-0.1, -0.05) is 36.0 Å². The minimum atomic E-state index is -0.303. The third kappa shape index (κ3) is 3.57. The van der Waals surface area contributed by atoms with Gasteiger partial charge in [0.25, 0.3) is 0 Å². The van der Waals surface area contributed by atoms with E-state index >= 15 is 0 Å². The number of hydrogen-bond donors (Lipinski definition) is 0. The highest BCUT2D eigenvalue weighted by atomic mass is 32.2. The highest BCUT2D eigenvalue weighted by molar-refractivity contribution is 7.99. The Kier molecular flexibility index (Phi) is 5.00. The van der Waals surface area contributed by atoms with Gasteiger partial charge in [0.15, 0.2) is 11.0 Å². The van der Waals surface area contributed by atoms with Crippen LogP contribution in [-0.2, 0) is 7.05 Å². The fraction of sp³-hybridized carbons (Fsp3) is 0.143. The quantitative estimate of drug-likeness (QED) is 0.415. The van der Waals surface area contributed by atoms with Gasteiger partial charge in [0.2, 0.25) is 0 Å². The van der Waals surface area contributed by atoms with Crippen molar-refractivity contribution in [2.24, 2.45) is 7.05 Å². The van der Waals surface area contributed by atoms with E-state index < -0.39 is 0 Å². The van der Waals surface area contributed by atoms with Crippen LogP contribution in [0.1, 0.15) is 22.1 Å². The van der Waals surface area contributed by atoms with Crippen LogP contribution < -0.4 is 0 Å². The summed E-state index contributed by atoms with van der Waals surface area (Å²) in [5, 5.41) is 9.12. The summed E-state index contributed by atoms with van der Waals surface area (Å²) in [6, 6.07) is 14.5. The molecule has 7 heteroatoms. The average molecular weight is 397 g/mol. The summed E-state index contributed by atoms with van der Waals surface area (Å²) >= 11 is 1.47. The number of benzene rings is 2. The largest absolute Gasteiger partial charge is 0.469 e. The van der Waals surface area contributed by atoms with Crippen LogP contribution in [0.15, 0.2) is 70.4 Å². The Morgan fingerprint density at radius 2 is 1.46 bits per heavy atom. The molecule has 2 aromatic heterocycles. The fourth-order valence-electron chi connectivity index (χ4n) is 2.98. The number of halogens is 2. The summed E-state index contributed by atoms with van der Waals surface area (Å²) in [5.74, 6) is 0.859. The molecule has 142 valence electrons. The molecule has 0 aliphatic rings. The van der Waals surface area contributed by atoms with Crippen LogP contribution in [0.25, 0.3) is 11.4 Å². The molecule has 0 aliphatic heterocycles. The second-order valence-electron chi connectivity index (χ2n) is 6.36. The van der Waals surface area contributed by atoms with Gasteiger partial charge in [-0.15, -0.1) is 10.2 Å². The molecular weight excluding hydrogens is 380 g/mol. The molecule has 0 radical (unpaired) electrons. The lowest BCUT2D eigenvalue weighted by Crippen LogP contribution is -2.01.